The molecule has 1 aromatic carbocycles. The van der Waals surface area contributed by atoms with Gasteiger partial charge in [0.15, 0.2) is 0 Å². The Morgan fingerprint density at radius 3 is 2.30 bits per heavy atom. The summed E-state index contributed by atoms with van der Waals surface area (Å²) in [5, 5.41) is 2.99. The Balaban J connectivity index is 2.88. The zero-order valence-corrected chi connectivity index (χ0v) is 16.4. The lowest BCUT2D eigenvalue weighted by molar-refractivity contribution is -0.123. The third-order valence-electron chi connectivity index (χ3n) is 3.28. The van der Waals surface area contributed by atoms with E-state index in [2.05, 4.69) is 26.1 Å². The lowest BCUT2D eigenvalue weighted by Crippen LogP contribution is -2.45. The molecule has 130 valence electrons. The van der Waals surface area contributed by atoms with Gasteiger partial charge in [-0.3, -0.25) is 9.69 Å². The molecule has 0 radical (unpaired) electrons. The average Bonchev–Trinajstić information content (AvgIpc) is 2.45. The Kier molecular flexibility index (Phi) is 7.35. The molecule has 0 spiro atoms. The smallest absolute Gasteiger partial charge is 0.234 e. The van der Waals surface area contributed by atoms with Crippen molar-refractivity contribution in [2.75, 3.05) is 27.3 Å². The van der Waals surface area contributed by atoms with Gasteiger partial charge in [0.2, 0.25) is 5.91 Å². The van der Waals surface area contributed by atoms with Crippen LogP contribution < -0.4 is 14.8 Å². The van der Waals surface area contributed by atoms with Crippen LogP contribution in [-0.2, 0) is 11.3 Å². The molecule has 0 atom stereocenters. The van der Waals surface area contributed by atoms with E-state index >= 15 is 0 Å². The van der Waals surface area contributed by atoms with E-state index in [1.807, 2.05) is 39.8 Å². The van der Waals surface area contributed by atoms with Crippen molar-refractivity contribution in [3.05, 3.63) is 22.2 Å². The van der Waals surface area contributed by atoms with Gasteiger partial charge in [-0.1, -0.05) is 6.92 Å². The van der Waals surface area contributed by atoms with E-state index in [4.69, 9.17) is 9.47 Å². The topological polar surface area (TPSA) is 50.8 Å². The Morgan fingerprint density at radius 1 is 1.22 bits per heavy atom. The van der Waals surface area contributed by atoms with Crippen molar-refractivity contribution in [1.29, 1.82) is 0 Å². The molecule has 0 heterocycles. The highest BCUT2D eigenvalue weighted by Crippen LogP contribution is 2.33. The first-order chi connectivity index (χ1) is 10.7. The van der Waals surface area contributed by atoms with Crippen LogP contribution in [0, 0.1) is 0 Å². The monoisotopic (exact) mass is 386 g/mol. The summed E-state index contributed by atoms with van der Waals surface area (Å²) in [5.41, 5.74) is 0.757. The van der Waals surface area contributed by atoms with Gasteiger partial charge in [-0.05, 0) is 55.4 Å². The zero-order valence-electron chi connectivity index (χ0n) is 14.8. The number of nitrogens with one attached hydrogen (secondary N) is 1. The van der Waals surface area contributed by atoms with E-state index in [1.54, 1.807) is 14.2 Å². The first kappa shape index (κ1) is 19.8. The summed E-state index contributed by atoms with van der Waals surface area (Å²) < 4.78 is 11.6. The van der Waals surface area contributed by atoms with Gasteiger partial charge in [-0.25, -0.2) is 0 Å². The fraction of sp³-hybridized carbons (Fsp3) is 0.588. The van der Waals surface area contributed by atoms with E-state index in [0.29, 0.717) is 13.1 Å². The van der Waals surface area contributed by atoms with Gasteiger partial charge in [0.25, 0.3) is 0 Å². The number of halogens is 1. The number of benzene rings is 1. The fourth-order valence-corrected chi connectivity index (χ4v) is 2.71. The molecule has 5 nitrogen and oxygen atoms in total. The van der Waals surface area contributed by atoms with Gasteiger partial charge < -0.3 is 14.8 Å². The van der Waals surface area contributed by atoms with Crippen molar-refractivity contribution in [3.63, 3.8) is 0 Å². The number of rotatable bonds is 7. The first-order valence-corrected chi connectivity index (χ1v) is 8.43. The Morgan fingerprint density at radius 2 is 1.83 bits per heavy atom. The molecular formula is C17H27BrN2O3. The van der Waals surface area contributed by atoms with Crippen LogP contribution in [0.2, 0.25) is 0 Å². The van der Waals surface area contributed by atoms with E-state index in [-0.39, 0.29) is 11.4 Å². The number of hydrogen-bond acceptors (Lipinski definition) is 4. The number of methoxy groups -OCH3 is 2. The van der Waals surface area contributed by atoms with E-state index in [9.17, 15) is 4.79 Å². The second-order valence-corrected chi connectivity index (χ2v) is 7.25. The van der Waals surface area contributed by atoms with Crippen molar-refractivity contribution < 1.29 is 14.3 Å². The van der Waals surface area contributed by atoms with E-state index < -0.39 is 0 Å². The van der Waals surface area contributed by atoms with Gasteiger partial charge in [0.05, 0.1) is 25.2 Å². The molecule has 1 amide bonds. The fourth-order valence-electron chi connectivity index (χ4n) is 2.23. The summed E-state index contributed by atoms with van der Waals surface area (Å²) in [4.78, 5) is 14.2. The Bertz CT molecular complexity index is 541. The van der Waals surface area contributed by atoms with Gasteiger partial charge in [-0.15, -0.1) is 0 Å². The summed E-state index contributed by atoms with van der Waals surface area (Å²) in [6.07, 6.45) is 0. The molecule has 0 saturated heterocycles. The van der Waals surface area contributed by atoms with Crippen molar-refractivity contribution in [2.45, 2.75) is 39.8 Å². The molecule has 1 rings (SSSR count). The molecule has 6 heteroatoms. The molecule has 0 fully saturated rings. The van der Waals surface area contributed by atoms with Crippen LogP contribution in [0.5, 0.6) is 11.5 Å². The highest BCUT2D eigenvalue weighted by Gasteiger charge is 2.18. The second-order valence-electron chi connectivity index (χ2n) is 6.40. The van der Waals surface area contributed by atoms with Crippen LogP contribution in [0.4, 0.5) is 0 Å². The summed E-state index contributed by atoms with van der Waals surface area (Å²) in [5.74, 6) is 1.53. The number of carbonyl (C=O) groups is 1. The van der Waals surface area contributed by atoms with Crippen LogP contribution in [0.1, 0.15) is 33.3 Å². The van der Waals surface area contributed by atoms with Crippen molar-refractivity contribution >= 4 is 21.8 Å². The van der Waals surface area contributed by atoms with Crippen LogP contribution in [0.3, 0.4) is 0 Å². The van der Waals surface area contributed by atoms with Crippen molar-refractivity contribution in [3.8, 4) is 11.5 Å². The van der Waals surface area contributed by atoms with E-state index in [0.717, 1.165) is 28.1 Å². The number of nitrogens with zero attached hydrogens (tertiary/aromatic N) is 1. The number of likely N-dealkylation sites (N-methyl/N-ethyl adjacent to an activating group) is 1. The number of ether oxygens (including phenoxy) is 2. The van der Waals surface area contributed by atoms with Crippen LogP contribution in [0.25, 0.3) is 0 Å². The largest absolute Gasteiger partial charge is 0.496 e. The SMILES string of the molecule is CCN(CC(=O)NC(C)(C)C)Cc1cc(OC)c(Br)cc1OC. The molecule has 0 aliphatic rings. The average molecular weight is 387 g/mol. The maximum absolute atomic E-state index is 12.1. The van der Waals surface area contributed by atoms with Crippen LogP contribution >= 0.6 is 15.9 Å². The normalized spacial score (nSPS) is 11.5. The molecule has 0 unspecified atom stereocenters. The predicted molar refractivity (Wildman–Crippen MR) is 96.1 cm³/mol. The number of hydrogen-bond donors (Lipinski definition) is 1. The van der Waals surface area contributed by atoms with Crippen LogP contribution in [0.15, 0.2) is 16.6 Å². The molecular weight excluding hydrogens is 360 g/mol. The molecule has 0 aliphatic carbocycles. The molecule has 23 heavy (non-hydrogen) atoms. The first-order valence-electron chi connectivity index (χ1n) is 7.64. The summed E-state index contributed by atoms with van der Waals surface area (Å²) in [7, 11) is 3.27. The van der Waals surface area contributed by atoms with Crippen molar-refractivity contribution in [1.82, 2.24) is 10.2 Å². The predicted octanol–water partition coefficient (Wildman–Crippen LogP) is 3.20. The quantitative estimate of drug-likeness (QED) is 0.781. The molecule has 1 aromatic rings. The highest BCUT2D eigenvalue weighted by atomic mass is 79.9. The standard InChI is InChI=1S/C17H27BrN2O3/c1-7-20(11-16(21)19-17(2,3)4)10-12-8-15(23-6)13(18)9-14(12)22-5/h8-9H,7,10-11H2,1-6H3,(H,19,21). The van der Waals surface area contributed by atoms with Gasteiger partial charge in [0.1, 0.15) is 11.5 Å². The Labute approximate surface area is 147 Å². The lowest BCUT2D eigenvalue weighted by Gasteiger charge is -2.25. The van der Waals surface area contributed by atoms with Crippen molar-refractivity contribution in [2.24, 2.45) is 0 Å². The minimum absolute atomic E-state index is 0.0161. The maximum atomic E-state index is 12.1. The van der Waals surface area contributed by atoms with Crippen LogP contribution in [-0.4, -0.2) is 43.7 Å². The molecule has 0 saturated carbocycles. The highest BCUT2D eigenvalue weighted by molar-refractivity contribution is 9.10. The Hall–Kier alpha value is -1.27. The number of carbonyl (C=O) groups excluding carboxylic acids is 1. The van der Waals surface area contributed by atoms with Gasteiger partial charge in [-0.2, -0.15) is 0 Å². The summed E-state index contributed by atoms with van der Waals surface area (Å²) in [6, 6.07) is 3.82. The third kappa shape index (κ3) is 6.39. The maximum Gasteiger partial charge on any atom is 0.234 e. The van der Waals surface area contributed by atoms with Gasteiger partial charge in [0, 0.05) is 17.6 Å². The molecule has 0 aromatic heterocycles. The third-order valence-corrected chi connectivity index (χ3v) is 3.90. The molecule has 1 N–H and O–H groups in total. The van der Waals surface area contributed by atoms with E-state index in [1.165, 1.54) is 0 Å². The molecule has 0 bridgehead atoms. The second kappa shape index (κ2) is 8.55. The summed E-state index contributed by atoms with van der Waals surface area (Å²) >= 11 is 3.46. The number of amides is 1. The minimum atomic E-state index is -0.227. The minimum Gasteiger partial charge on any atom is -0.496 e. The van der Waals surface area contributed by atoms with Gasteiger partial charge >= 0.3 is 0 Å². The molecule has 0 aliphatic heterocycles. The summed E-state index contributed by atoms with van der Waals surface area (Å²) in [6.45, 7) is 9.68. The zero-order chi connectivity index (χ0) is 17.6. The lowest BCUT2D eigenvalue weighted by atomic mass is 10.1.